The van der Waals surface area contributed by atoms with Crippen LogP contribution in [0.15, 0.2) is 53.3 Å². The second-order valence-electron chi connectivity index (χ2n) is 7.15. The summed E-state index contributed by atoms with van der Waals surface area (Å²) in [5.41, 5.74) is 2.27. The Morgan fingerprint density at radius 1 is 1.14 bits per heavy atom. The van der Waals surface area contributed by atoms with Crippen LogP contribution in [-0.2, 0) is 11.2 Å². The normalized spacial score (nSPS) is 15.1. The van der Waals surface area contributed by atoms with Gasteiger partial charge in [0.05, 0.1) is 17.2 Å². The Kier molecular flexibility index (Phi) is 5.21. The van der Waals surface area contributed by atoms with Gasteiger partial charge >= 0.3 is 0 Å². The monoisotopic (exact) mass is 377 g/mol. The van der Waals surface area contributed by atoms with Gasteiger partial charge in [-0.1, -0.05) is 30.3 Å². The highest BCUT2D eigenvalue weighted by Gasteiger charge is 2.23. The minimum Gasteiger partial charge on any atom is -0.381 e. The summed E-state index contributed by atoms with van der Waals surface area (Å²) in [5, 5.41) is 8.27. The predicted octanol–water partition coefficient (Wildman–Crippen LogP) is 2.76. The van der Waals surface area contributed by atoms with Gasteiger partial charge in [0.1, 0.15) is 0 Å². The molecule has 1 aromatic heterocycles. The SMILES string of the molecule is COC1CCN(C(=O)c2cccc(Cc3n[nH]c(=O)c4ccccc34)c2)CC1. The van der Waals surface area contributed by atoms with Crippen LogP contribution in [0, 0.1) is 0 Å². The van der Waals surface area contributed by atoms with Crippen LogP contribution in [0.25, 0.3) is 10.8 Å². The van der Waals surface area contributed by atoms with Crippen molar-refractivity contribution in [2.45, 2.75) is 25.4 Å². The Morgan fingerprint density at radius 3 is 2.64 bits per heavy atom. The number of nitrogens with zero attached hydrogens (tertiary/aromatic N) is 2. The molecule has 6 nitrogen and oxygen atoms in total. The lowest BCUT2D eigenvalue weighted by Gasteiger charge is -2.31. The average molecular weight is 377 g/mol. The number of aromatic amines is 1. The van der Waals surface area contributed by atoms with Gasteiger partial charge in [0, 0.05) is 37.6 Å². The molecule has 3 aromatic rings. The number of piperidine rings is 1. The molecule has 1 fully saturated rings. The summed E-state index contributed by atoms with van der Waals surface area (Å²) in [6.45, 7) is 1.43. The lowest BCUT2D eigenvalue weighted by Crippen LogP contribution is -2.40. The maximum atomic E-state index is 12.9. The zero-order valence-electron chi connectivity index (χ0n) is 15.9. The standard InChI is InChI=1S/C22H23N3O3/c1-28-17-9-11-25(12-10-17)22(27)16-6-4-5-15(13-16)14-20-18-7-2-3-8-19(18)21(26)24-23-20/h2-8,13,17H,9-12,14H2,1H3,(H,24,26). The van der Waals surface area contributed by atoms with Crippen molar-refractivity contribution in [3.63, 3.8) is 0 Å². The fourth-order valence-electron chi connectivity index (χ4n) is 3.79. The molecule has 1 N–H and O–H groups in total. The van der Waals surface area contributed by atoms with Gasteiger partial charge in [-0.25, -0.2) is 5.10 Å². The van der Waals surface area contributed by atoms with E-state index >= 15 is 0 Å². The number of likely N-dealkylation sites (tertiary alicyclic amines) is 1. The van der Waals surface area contributed by atoms with Crippen LogP contribution < -0.4 is 5.56 Å². The third-order valence-corrected chi connectivity index (χ3v) is 5.38. The number of benzene rings is 2. The number of carbonyl (C=O) groups excluding carboxylic acids is 1. The number of H-pyrrole nitrogens is 1. The molecule has 28 heavy (non-hydrogen) atoms. The minimum absolute atomic E-state index is 0.0516. The topological polar surface area (TPSA) is 75.3 Å². The first kappa shape index (κ1) is 18.4. The number of fused-ring (bicyclic) bond motifs is 1. The van der Waals surface area contributed by atoms with Gasteiger partial charge in [-0.3, -0.25) is 9.59 Å². The molecule has 144 valence electrons. The van der Waals surface area contributed by atoms with Gasteiger partial charge in [-0.2, -0.15) is 5.10 Å². The molecule has 1 saturated heterocycles. The second-order valence-corrected chi connectivity index (χ2v) is 7.15. The fourth-order valence-corrected chi connectivity index (χ4v) is 3.79. The molecule has 0 radical (unpaired) electrons. The highest BCUT2D eigenvalue weighted by Crippen LogP contribution is 2.19. The summed E-state index contributed by atoms with van der Waals surface area (Å²) in [7, 11) is 1.72. The zero-order chi connectivity index (χ0) is 19.5. The third-order valence-electron chi connectivity index (χ3n) is 5.38. The Labute approximate surface area is 163 Å². The van der Waals surface area contributed by atoms with Crippen molar-refractivity contribution in [3.8, 4) is 0 Å². The molecule has 0 spiro atoms. The van der Waals surface area contributed by atoms with E-state index in [0.717, 1.165) is 29.5 Å². The summed E-state index contributed by atoms with van der Waals surface area (Å²) in [6.07, 6.45) is 2.53. The summed E-state index contributed by atoms with van der Waals surface area (Å²) in [4.78, 5) is 26.7. The van der Waals surface area contributed by atoms with Gasteiger partial charge in [-0.15, -0.1) is 0 Å². The van der Waals surface area contributed by atoms with Crippen molar-refractivity contribution >= 4 is 16.7 Å². The number of hydrogen-bond donors (Lipinski definition) is 1. The lowest BCUT2D eigenvalue weighted by atomic mass is 10.0. The van der Waals surface area contributed by atoms with Crippen LogP contribution in [0.2, 0.25) is 0 Å². The van der Waals surface area contributed by atoms with Crippen LogP contribution in [0.1, 0.15) is 34.5 Å². The lowest BCUT2D eigenvalue weighted by molar-refractivity contribution is 0.0350. The van der Waals surface area contributed by atoms with Crippen LogP contribution in [0.3, 0.4) is 0 Å². The zero-order valence-corrected chi connectivity index (χ0v) is 15.9. The van der Waals surface area contributed by atoms with Gasteiger partial charge in [0.25, 0.3) is 11.5 Å². The first-order valence-electron chi connectivity index (χ1n) is 9.53. The molecule has 0 atom stereocenters. The largest absolute Gasteiger partial charge is 0.381 e. The smallest absolute Gasteiger partial charge is 0.272 e. The molecule has 1 aliphatic rings. The van der Waals surface area contributed by atoms with Crippen molar-refractivity contribution in [1.82, 2.24) is 15.1 Å². The summed E-state index contributed by atoms with van der Waals surface area (Å²) in [6, 6.07) is 15.1. The van der Waals surface area contributed by atoms with Crippen molar-refractivity contribution in [3.05, 3.63) is 75.7 Å². The number of hydrogen-bond acceptors (Lipinski definition) is 4. The molecule has 2 aromatic carbocycles. The van der Waals surface area contributed by atoms with E-state index in [4.69, 9.17) is 4.74 Å². The van der Waals surface area contributed by atoms with E-state index in [-0.39, 0.29) is 17.6 Å². The van der Waals surface area contributed by atoms with Gasteiger partial charge in [0.2, 0.25) is 0 Å². The Morgan fingerprint density at radius 2 is 1.89 bits per heavy atom. The molecule has 1 amide bonds. The molecule has 0 bridgehead atoms. The molecule has 0 saturated carbocycles. The van der Waals surface area contributed by atoms with Crippen LogP contribution in [0.5, 0.6) is 0 Å². The maximum absolute atomic E-state index is 12.9. The summed E-state index contributed by atoms with van der Waals surface area (Å²) in [5.74, 6) is 0.0516. The molecular weight excluding hydrogens is 354 g/mol. The highest BCUT2D eigenvalue weighted by molar-refractivity contribution is 5.94. The Bertz CT molecular complexity index is 1050. The van der Waals surface area contributed by atoms with E-state index in [9.17, 15) is 9.59 Å². The van der Waals surface area contributed by atoms with Crippen LogP contribution in [-0.4, -0.2) is 47.3 Å². The molecule has 4 rings (SSSR count). The van der Waals surface area contributed by atoms with Gasteiger partial charge in [-0.05, 0) is 36.6 Å². The van der Waals surface area contributed by atoms with Gasteiger partial charge < -0.3 is 9.64 Å². The number of amides is 1. The van der Waals surface area contributed by atoms with Crippen molar-refractivity contribution in [2.24, 2.45) is 0 Å². The van der Waals surface area contributed by atoms with Crippen molar-refractivity contribution in [1.29, 1.82) is 0 Å². The second kappa shape index (κ2) is 7.94. The number of nitrogens with one attached hydrogen (secondary N) is 1. The van der Waals surface area contributed by atoms with E-state index < -0.39 is 0 Å². The number of aromatic nitrogens is 2. The van der Waals surface area contributed by atoms with E-state index in [2.05, 4.69) is 10.2 Å². The van der Waals surface area contributed by atoms with E-state index in [0.29, 0.717) is 30.5 Å². The maximum Gasteiger partial charge on any atom is 0.272 e. The quantitative estimate of drug-likeness (QED) is 0.759. The molecule has 1 aliphatic heterocycles. The predicted molar refractivity (Wildman–Crippen MR) is 108 cm³/mol. The molecule has 0 aliphatic carbocycles. The summed E-state index contributed by atoms with van der Waals surface area (Å²) < 4.78 is 5.38. The van der Waals surface area contributed by atoms with Crippen molar-refractivity contribution in [2.75, 3.05) is 20.2 Å². The van der Waals surface area contributed by atoms with Crippen molar-refractivity contribution < 1.29 is 9.53 Å². The molecule has 0 unspecified atom stereocenters. The van der Waals surface area contributed by atoms with E-state index in [1.54, 1.807) is 13.2 Å². The molecule has 2 heterocycles. The molecular formula is C22H23N3O3. The fraction of sp³-hybridized carbons (Fsp3) is 0.318. The third kappa shape index (κ3) is 3.68. The van der Waals surface area contributed by atoms with E-state index in [1.807, 2.05) is 47.4 Å². The average Bonchev–Trinajstić information content (AvgIpc) is 2.76. The number of ether oxygens (including phenoxy) is 1. The summed E-state index contributed by atoms with van der Waals surface area (Å²) >= 11 is 0. The number of carbonyl (C=O) groups is 1. The van der Waals surface area contributed by atoms with Crippen LogP contribution in [0.4, 0.5) is 0 Å². The first-order valence-corrected chi connectivity index (χ1v) is 9.53. The van der Waals surface area contributed by atoms with Gasteiger partial charge in [0.15, 0.2) is 0 Å². The number of methoxy groups -OCH3 is 1. The molecule has 6 heteroatoms. The Hall–Kier alpha value is -2.99. The highest BCUT2D eigenvalue weighted by atomic mass is 16.5. The first-order chi connectivity index (χ1) is 13.7. The van der Waals surface area contributed by atoms with Crippen LogP contribution >= 0.6 is 0 Å². The minimum atomic E-state index is -0.192. The van der Waals surface area contributed by atoms with E-state index in [1.165, 1.54) is 0 Å². The number of rotatable bonds is 4. The Balaban J connectivity index is 1.56.